The van der Waals surface area contributed by atoms with Gasteiger partial charge in [0.25, 0.3) is 11.8 Å². The first-order chi connectivity index (χ1) is 16.5. The zero-order chi connectivity index (χ0) is 24.2. The molecule has 0 aliphatic heterocycles. The predicted octanol–water partition coefficient (Wildman–Crippen LogP) is 4.93. The summed E-state index contributed by atoms with van der Waals surface area (Å²) in [6.45, 7) is 3.85. The standard InChI is InChI=1S/C27H27N3O4/c1-5-22(18-10-7-6-8-11-18)28-26(31)19-14-15-23-21(16-19)17(2)29-30(23)27(32)20-12-9-13-24(33-3)25(20)34-4/h6-16,22H,5H2,1-4H3,(H,28,31). The second-order valence-electron chi connectivity index (χ2n) is 7.92. The molecule has 0 spiro atoms. The number of fused-ring (bicyclic) bond motifs is 1. The molecule has 0 bridgehead atoms. The van der Waals surface area contributed by atoms with Gasteiger partial charge < -0.3 is 14.8 Å². The molecule has 0 aliphatic carbocycles. The predicted molar refractivity (Wildman–Crippen MR) is 131 cm³/mol. The average molecular weight is 458 g/mol. The van der Waals surface area contributed by atoms with Crippen molar-refractivity contribution in [3.05, 3.63) is 89.1 Å². The zero-order valence-corrected chi connectivity index (χ0v) is 19.7. The molecular weight excluding hydrogens is 430 g/mol. The van der Waals surface area contributed by atoms with Crippen LogP contribution < -0.4 is 14.8 Å². The molecule has 34 heavy (non-hydrogen) atoms. The van der Waals surface area contributed by atoms with Crippen LogP contribution in [0.1, 0.15) is 51.4 Å². The molecule has 0 saturated carbocycles. The molecule has 3 aromatic carbocycles. The minimum atomic E-state index is -0.346. The van der Waals surface area contributed by atoms with Crippen molar-refractivity contribution in [3.8, 4) is 11.5 Å². The third-order valence-electron chi connectivity index (χ3n) is 5.87. The van der Waals surface area contributed by atoms with Gasteiger partial charge in [-0.25, -0.2) is 0 Å². The maximum Gasteiger partial charge on any atom is 0.282 e. The van der Waals surface area contributed by atoms with Crippen molar-refractivity contribution in [2.45, 2.75) is 26.3 Å². The summed E-state index contributed by atoms with van der Waals surface area (Å²) < 4.78 is 12.1. The summed E-state index contributed by atoms with van der Waals surface area (Å²) in [6, 6.07) is 20.2. The van der Waals surface area contributed by atoms with E-state index in [-0.39, 0.29) is 17.9 Å². The molecule has 7 nitrogen and oxygen atoms in total. The highest BCUT2D eigenvalue weighted by atomic mass is 16.5. The summed E-state index contributed by atoms with van der Waals surface area (Å²) in [7, 11) is 3.01. The minimum Gasteiger partial charge on any atom is -0.493 e. The van der Waals surface area contributed by atoms with Crippen LogP contribution in [-0.4, -0.2) is 35.8 Å². The lowest BCUT2D eigenvalue weighted by atomic mass is 10.0. The van der Waals surface area contributed by atoms with Gasteiger partial charge in [0.05, 0.1) is 37.0 Å². The van der Waals surface area contributed by atoms with Crippen LogP contribution in [0.15, 0.2) is 66.7 Å². The molecule has 174 valence electrons. The Bertz CT molecular complexity index is 1350. The van der Waals surface area contributed by atoms with Gasteiger partial charge in [-0.2, -0.15) is 9.78 Å². The maximum absolute atomic E-state index is 13.4. The van der Waals surface area contributed by atoms with Gasteiger partial charge in [-0.15, -0.1) is 0 Å². The van der Waals surface area contributed by atoms with Crippen LogP contribution >= 0.6 is 0 Å². The number of aryl methyl sites for hydroxylation is 1. The van der Waals surface area contributed by atoms with E-state index in [1.165, 1.54) is 18.9 Å². The van der Waals surface area contributed by atoms with Gasteiger partial charge in [0, 0.05) is 10.9 Å². The molecule has 7 heteroatoms. The SMILES string of the molecule is CCC(NC(=O)c1ccc2c(c1)c(C)nn2C(=O)c1cccc(OC)c1OC)c1ccccc1. The number of carbonyl (C=O) groups is 2. The molecule has 4 aromatic rings. The van der Waals surface area contributed by atoms with E-state index in [1.807, 2.05) is 44.2 Å². The Morgan fingerprint density at radius 3 is 2.44 bits per heavy atom. The van der Waals surface area contributed by atoms with Crippen LogP contribution in [0.4, 0.5) is 0 Å². The summed E-state index contributed by atoms with van der Waals surface area (Å²) in [5.41, 5.74) is 3.16. The van der Waals surface area contributed by atoms with E-state index in [2.05, 4.69) is 10.4 Å². The van der Waals surface area contributed by atoms with Crippen molar-refractivity contribution in [1.82, 2.24) is 15.1 Å². The number of nitrogens with zero attached hydrogens (tertiary/aromatic N) is 2. The lowest BCUT2D eigenvalue weighted by Gasteiger charge is -2.17. The second-order valence-corrected chi connectivity index (χ2v) is 7.92. The topological polar surface area (TPSA) is 82.5 Å². The Kier molecular flexibility index (Phi) is 6.63. The van der Waals surface area contributed by atoms with Crippen LogP contribution in [0.25, 0.3) is 10.9 Å². The van der Waals surface area contributed by atoms with Crippen molar-refractivity contribution in [1.29, 1.82) is 0 Å². The highest BCUT2D eigenvalue weighted by Crippen LogP contribution is 2.32. The number of hydrogen-bond acceptors (Lipinski definition) is 5. The number of carbonyl (C=O) groups excluding carboxylic acids is 2. The molecule has 1 heterocycles. The largest absolute Gasteiger partial charge is 0.493 e. The van der Waals surface area contributed by atoms with E-state index in [9.17, 15) is 9.59 Å². The summed E-state index contributed by atoms with van der Waals surface area (Å²) >= 11 is 0. The quantitative estimate of drug-likeness (QED) is 0.425. The van der Waals surface area contributed by atoms with Crippen molar-refractivity contribution in [2.24, 2.45) is 0 Å². The van der Waals surface area contributed by atoms with Crippen LogP contribution in [0, 0.1) is 6.92 Å². The van der Waals surface area contributed by atoms with Crippen molar-refractivity contribution in [3.63, 3.8) is 0 Å². The molecule has 1 amide bonds. The van der Waals surface area contributed by atoms with Gasteiger partial charge in [-0.05, 0) is 49.2 Å². The third-order valence-corrected chi connectivity index (χ3v) is 5.87. The van der Waals surface area contributed by atoms with Gasteiger partial charge in [-0.1, -0.05) is 43.3 Å². The van der Waals surface area contributed by atoms with E-state index in [4.69, 9.17) is 9.47 Å². The highest BCUT2D eigenvalue weighted by molar-refractivity contribution is 6.05. The number of para-hydroxylation sites is 1. The molecule has 1 atom stereocenters. The molecule has 1 aromatic heterocycles. The zero-order valence-electron chi connectivity index (χ0n) is 19.7. The van der Waals surface area contributed by atoms with Crippen LogP contribution in [-0.2, 0) is 0 Å². The van der Waals surface area contributed by atoms with Crippen molar-refractivity contribution in [2.75, 3.05) is 14.2 Å². The summed E-state index contributed by atoms with van der Waals surface area (Å²) in [5.74, 6) is 0.287. The summed E-state index contributed by atoms with van der Waals surface area (Å²) in [6.07, 6.45) is 0.770. The van der Waals surface area contributed by atoms with Gasteiger partial charge in [0.1, 0.15) is 0 Å². The third kappa shape index (κ3) is 4.24. The lowest BCUT2D eigenvalue weighted by molar-refractivity contribution is 0.0932. The van der Waals surface area contributed by atoms with Gasteiger partial charge >= 0.3 is 0 Å². The Balaban J connectivity index is 1.67. The second kappa shape index (κ2) is 9.79. The Morgan fingerprint density at radius 2 is 1.76 bits per heavy atom. The van der Waals surface area contributed by atoms with E-state index in [0.29, 0.717) is 33.8 Å². The maximum atomic E-state index is 13.4. The van der Waals surface area contributed by atoms with Crippen LogP contribution in [0.3, 0.4) is 0 Å². The number of rotatable bonds is 7. The van der Waals surface area contributed by atoms with E-state index in [0.717, 1.165) is 17.4 Å². The molecular formula is C27H27N3O4. The average Bonchev–Trinajstić information content (AvgIpc) is 3.22. The molecule has 0 fully saturated rings. The minimum absolute atomic E-state index is 0.0877. The number of aromatic nitrogens is 2. The Labute approximate surface area is 198 Å². The monoisotopic (exact) mass is 457 g/mol. The fraction of sp³-hybridized carbons (Fsp3) is 0.222. The number of amides is 1. The number of benzene rings is 3. The molecule has 0 radical (unpaired) electrons. The van der Waals surface area contributed by atoms with Crippen LogP contribution in [0.2, 0.25) is 0 Å². The first kappa shape index (κ1) is 23.0. The van der Waals surface area contributed by atoms with Gasteiger partial charge in [0.15, 0.2) is 11.5 Å². The number of nitrogens with one attached hydrogen (secondary N) is 1. The number of methoxy groups -OCH3 is 2. The molecule has 0 aliphatic rings. The van der Waals surface area contributed by atoms with E-state index >= 15 is 0 Å². The normalized spacial score (nSPS) is 11.8. The summed E-state index contributed by atoms with van der Waals surface area (Å²) in [4.78, 5) is 26.4. The van der Waals surface area contributed by atoms with E-state index < -0.39 is 0 Å². The highest BCUT2D eigenvalue weighted by Gasteiger charge is 2.22. The first-order valence-electron chi connectivity index (χ1n) is 11.1. The molecule has 4 rings (SSSR count). The van der Waals surface area contributed by atoms with Crippen molar-refractivity contribution < 1.29 is 19.1 Å². The fourth-order valence-electron chi connectivity index (χ4n) is 4.08. The van der Waals surface area contributed by atoms with Crippen molar-refractivity contribution >= 4 is 22.7 Å². The summed E-state index contributed by atoms with van der Waals surface area (Å²) in [5, 5.41) is 8.30. The Hall–Kier alpha value is -4.13. The van der Waals surface area contributed by atoms with Gasteiger partial charge in [-0.3, -0.25) is 9.59 Å². The number of hydrogen-bond donors (Lipinski definition) is 1. The van der Waals surface area contributed by atoms with Gasteiger partial charge in [0.2, 0.25) is 0 Å². The molecule has 1 unspecified atom stereocenters. The Morgan fingerprint density at radius 1 is 1.00 bits per heavy atom. The van der Waals surface area contributed by atoms with E-state index in [1.54, 1.807) is 36.4 Å². The van der Waals surface area contributed by atoms with Crippen LogP contribution in [0.5, 0.6) is 11.5 Å². The molecule has 0 saturated heterocycles. The lowest BCUT2D eigenvalue weighted by Crippen LogP contribution is -2.28. The number of ether oxygens (including phenoxy) is 2. The first-order valence-corrected chi connectivity index (χ1v) is 11.1. The fourth-order valence-corrected chi connectivity index (χ4v) is 4.08. The molecule has 1 N–H and O–H groups in total. The smallest absolute Gasteiger partial charge is 0.282 e.